The van der Waals surface area contributed by atoms with Crippen LogP contribution in [0.3, 0.4) is 0 Å². The molecular formula is C14H26N4O. The van der Waals surface area contributed by atoms with Crippen molar-refractivity contribution < 1.29 is 4.79 Å². The maximum Gasteiger partial charge on any atom is 0.315 e. The zero-order valence-corrected chi connectivity index (χ0v) is 12.0. The summed E-state index contributed by atoms with van der Waals surface area (Å²) in [4.78, 5) is 14.5. The summed E-state index contributed by atoms with van der Waals surface area (Å²) in [5.74, 6) is 1.35. The van der Waals surface area contributed by atoms with Crippen molar-refractivity contribution in [3.63, 3.8) is 0 Å². The van der Waals surface area contributed by atoms with Gasteiger partial charge in [-0.05, 0) is 51.6 Å². The fourth-order valence-corrected chi connectivity index (χ4v) is 3.67. The summed E-state index contributed by atoms with van der Waals surface area (Å²) in [5.41, 5.74) is -0.156. The number of carbonyl (C=O) groups is 1. The maximum absolute atomic E-state index is 12.1. The fraction of sp³-hybridized carbons (Fsp3) is 0.929. The van der Waals surface area contributed by atoms with Gasteiger partial charge in [0, 0.05) is 31.2 Å². The minimum atomic E-state index is -0.156. The van der Waals surface area contributed by atoms with Gasteiger partial charge < -0.3 is 20.9 Å². The van der Waals surface area contributed by atoms with Gasteiger partial charge in [-0.2, -0.15) is 0 Å². The topological polar surface area (TPSA) is 56.4 Å². The van der Waals surface area contributed by atoms with Gasteiger partial charge in [-0.15, -0.1) is 0 Å². The molecule has 3 atom stereocenters. The van der Waals surface area contributed by atoms with E-state index in [1.54, 1.807) is 0 Å². The highest BCUT2D eigenvalue weighted by Crippen LogP contribution is 2.41. The summed E-state index contributed by atoms with van der Waals surface area (Å²) in [6.45, 7) is 9.63. The number of hydrogen-bond acceptors (Lipinski definition) is 3. The van der Waals surface area contributed by atoms with Crippen LogP contribution in [-0.2, 0) is 0 Å². The van der Waals surface area contributed by atoms with Gasteiger partial charge in [0.05, 0.1) is 0 Å². The molecule has 5 nitrogen and oxygen atoms in total. The highest BCUT2D eigenvalue weighted by molar-refractivity contribution is 5.75. The first kappa shape index (κ1) is 13.2. The second-order valence-corrected chi connectivity index (χ2v) is 6.98. The molecule has 0 aromatic heterocycles. The van der Waals surface area contributed by atoms with E-state index in [1.807, 2.05) is 0 Å². The molecule has 108 valence electrons. The second kappa shape index (κ2) is 4.94. The summed E-state index contributed by atoms with van der Waals surface area (Å²) in [6, 6.07) is 0.410. The molecule has 2 heterocycles. The molecular weight excluding hydrogens is 240 g/mol. The van der Waals surface area contributed by atoms with E-state index in [0.29, 0.717) is 17.9 Å². The van der Waals surface area contributed by atoms with Crippen molar-refractivity contribution >= 4 is 6.03 Å². The zero-order valence-electron chi connectivity index (χ0n) is 12.0. The average molecular weight is 266 g/mol. The van der Waals surface area contributed by atoms with Crippen molar-refractivity contribution in [1.82, 2.24) is 20.9 Å². The summed E-state index contributed by atoms with van der Waals surface area (Å²) >= 11 is 0. The molecule has 0 bridgehead atoms. The maximum atomic E-state index is 12.1. The van der Waals surface area contributed by atoms with Gasteiger partial charge in [0.1, 0.15) is 0 Å². The second-order valence-electron chi connectivity index (χ2n) is 6.98. The smallest absolute Gasteiger partial charge is 0.315 e. The van der Waals surface area contributed by atoms with E-state index >= 15 is 0 Å². The molecule has 3 fully saturated rings. The van der Waals surface area contributed by atoms with Crippen LogP contribution >= 0.6 is 0 Å². The van der Waals surface area contributed by atoms with Crippen LogP contribution in [0.25, 0.3) is 0 Å². The summed E-state index contributed by atoms with van der Waals surface area (Å²) in [6.07, 6.45) is 2.58. The van der Waals surface area contributed by atoms with Crippen LogP contribution in [0, 0.1) is 11.8 Å². The van der Waals surface area contributed by atoms with Crippen LogP contribution < -0.4 is 16.0 Å². The summed E-state index contributed by atoms with van der Waals surface area (Å²) < 4.78 is 0. The molecule has 2 aliphatic heterocycles. The van der Waals surface area contributed by atoms with Crippen molar-refractivity contribution in [2.24, 2.45) is 11.8 Å². The highest BCUT2D eigenvalue weighted by Gasteiger charge is 2.53. The van der Waals surface area contributed by atoms with Crippen molar-refractivity contribution in [1.29, 1.82) is 0 Å². The Labute approximate surface area is 115 Å². The van der Waals surface area contributed by atoms with Crippen molar-refractivity contribution in [3.8, 4) is 0 Å². The summed E-state index contributed by atoms with van der Waals surface area (Å²) in [5, 5.41) is 9.60. The molecule has 0 spiro atoms. The number of hydrogen-bond donors (Lipinski definition) is 3. The van der Waals surface area contributed by atoms with Gasteiger partial charge >= 0.3 is 6.03 Å². The third kappa shape index (κ3) is 3.03. The van der Waals surface area contributed by atoms with Crippen LogP contribution in [0.1, 0.15) is 26.7 Å². The largest absolute Gasteiger partial charge is 0.335 e. The molecule has 19 heavy (non-hydrogen) atoms. The van der Waals surface area contributed by atoms with E-state index in [4.69, 9.17) is 0 Å². The Hall–Kier alpha value is -0.810. The predicted octanol–water partition coefficient (Wildman–Crippen LogP) is 0.378. The molecule has 1 aliphatic carbocycles. The van der Waals surface area contributed by atoms with Crippen LogP contribution in [-0.4, -0.2) is 55.2 Å². The highest BCUT2D eigenvalue weighted by atomic mass is 16.2. The van der Waals surface area contributed by atoms with E-state index in [9.17, 15) is 4.79 Å². The van der Waals surface area contributed by atoms with Crippen molar-refractivity contribution in [2.75, 3.05) is 32.7 Å². The Morgan fingerprint density at radius 1 is 1.26 bits per heavy atom. The lowest BCUT2D eigenvalue weighted by Gasteiger charge is -2.31. The van der Waals surface area contributed by atoms with Crippen LogP contribution in [0.15, 0.2) is 0 Å². The van der Waals surface area contributed by atoms with E-state index in [0.717, 1.165) is 19.6 Å². The van der Waals surface area contributed by atoms with Crippen LogP contribution in [0.4, 0.5) is 4.79 Å². The molecule has 0 aromatic carbocycles. The third-order valence-corrected chi connectivity index (χ3v) is 4.66. The minimum absolute atomic E-state index is 0.00333. The Kier molecular flexibility index (Phi) is 3.43. The fourth-order valence-electron chi connectivity index (χ4n) is 3.67. The molecule has 0 aromatic rings. The van der Waals surface area contributed by atoms with Crippen LogP contribution in [0.2, 0.25) is 0 Å². The van der Waals surface area contributed by atoms with Crippen molar-refractivity contribution in [2.45, 2.75) is 38.3 Å². The Morgan fingerprint density at radius 3 is 2.53 bits per heavy atom. The van der Waals surface area contributed by atoms with Gasteiger partial charge in [0.15, 0.2) is 0 Å². The number of urea groups is 1. The normalized spacial score (nSPS) is 34.1. The van der Waals surface area contributed by atoms with E-state index < -0.39 is 0 Å². The molecule has 2 saturated heterocycles. The van der Waals surface area contributed by atoms with Crippen molar-refractivity contribution in [3.05, 3.63) is 0 Å². The number of amides is 2. The molecule has 3 aliphatic rings. The molecule has 3 rings (SSSR count). The molecule has 1 unspecified atom stereocenters. The SMILES string of the molecule is CC(C)(CN1CCCC1)NC(=O)NC1[C@H]2CNC[C@@H]12. The number of likely N-dealkylation sites (tertiary alicyclic amines) is 1. The Balaban J connectivity index is 1.42. The molecule has 5 heteroatoms. The summed E-state index contributed by atoms with van der Waals surface area (Å²) in [7, 11) is 0. The Bertz CT molecular complexity index is 341. The van der Waals surface area contributed by atoms with Gasteiger partial charge in [0.2, 0.25) is 0 Å². The lowest BCUT2D eigenvalue weighted by molar-refractivity contribution is 0.208. The zero-order chi connectivity index (χ0) is 13.5. The van der Waals surface area contributed by atoms with Crippen LogP contribution in [0.5, 0.6) is 0 Å². The first-order chi connectivity index (χ1) is 9.05. The number of fused-ring (bicyclic) bond motifs is 1. The lowest BCUT2D eigenvalue weighted by atomic mass is 10.1. The molecule has 0 radical (unpaired) electrons. The molecule has 2 amide bonds. The Morgan fingerprint density at radius 2 is 1.89 bits per heavy atom. The standard InChI is InChI=1S/C14H26N4O/c1-14(2,9-18-5-3-4-6-18)17-13(19)16-12-10-7-15-8-11(10)12/h10-12,15H,3-9H2,1-2H3,(H2,16,17,19)/t10-,11+,12?. The van der Waals surface area contributed by atoms with E-state index in [-0.39, 0.29) is 11.6 Å². The quantitative estimate of drug-likeness (QED) is 0.689. The molecule has 1 saturated carbocycles. The lowest BCUT2D eigenvalue weighted by Crippen LogP contribution is -2.54. The predicted molar refractivity (Wildman–Crippen MR) is 75.1 cm³/mol. The number of carbonyl (C=O) groups excluding carboxylic acids is 1. The number of piperidine rings is 1. The molecule has 3 N–H and O–H groups in total. The van der Waals surface area contributed by atoms with Gasteiger partial charge in [-0.1, -0.05) is 0 Å². The number of nitrogens with zero attached hydrogens (tertiary/aromatic N) is 1. The average Bonchev–Trinajstić information content (AvgIpc) is 2.78. The first-order valence-corrected chi connectivity index (χ1v) is 7.57. The van der Waals surface area contributed by atoms with Gasteiger partial charge in [-0.25, -0.2) is 4.79 Å². The first-order valence-electron chi connectivity index (χ1n) is 7.57. The number of nitrogens with one attached hydrogen (secondary N) is 3. The van der Waals surface area contributed by atoms with E-state index in [2.05, 4.69) is 34.7 Å². The van der Waals surface area contributed by atoms with Gasteiger partial charge in [-0.3, -0.25) is 0 Å². The minimum Gasteiger partial charge on any atom is -0.335 e. The number of rotatable bonds is 4. The third-order valence-electron chi connectivity index (χ3n) is 4.66. The monoisotopic (exact) mass is 266 g/mol. The van der Waals surface area contributed by atoms with Gasteiger partial charge in [0.25, 0.3) is 0 Å². The van der Waals surface area contributed by atoms with E-state index in [1.165, 1.54) is 25.9 Å².